The number of ether oxygens (including phenoxy) is 1. The number of nitrogens with two attached hydrogens (primary N) is 1. The summed E-state index contributed by atoms with van der Waals surface area (Å²) < 4.78 is 5.38. The average Bonchev–Trinajstić information content (AvgIpc) is 2.34. The second-order valence-electron chi connectivity index (χ2n) is 4.01. The van der Waals surface area contributed by atoms with Crippen molar-refractivity contribution in [1.82, 2.24) is 10.2 Å². The minimum atomic E-state index is -0.666. The summed E-state index contributed by atoms with van der Waals surface area (Å²) in [6, 6.07) is 0. The number of nitrogens with zero attached hydrogens (tertiary/aromatic N) is 1. The lowest BCUT2D eigenvalue weighted by molar-refractivity contribution is -0.155. The largest absolute Gasteiger partial charge is 0.394 e. The number of carbonyl (C=O) groups is 2. The minimum Gasteiger partial charge on any atom is -0.394 e. The lowest BCUT2D eigenvalue weighted by atomic mass is 10.2. The van der Waals surface area contributed by atoms with Crippen LogP contribution in [0.3, 0.4) is 0 Å². The molecule has 0 aliphatic carbocycles. The second kappa shape index (κ2) is 6.53. The van der Waals surface area contributed by atoms with Crippen molar-refractivity contribution in [1.29, 1.82) is 0 Å². The number of hydrogen-bond donors (Lipinski definition) is 3. The number of rotatable bonds is 3. The van der Waals surface area contributed by atoms with E-state index in [2.05, 4.69) is 5.32 Å². The van der Waals surface area contributed by atoms with Crippen LogP contribution in [-0.2, 0) is 14.3 Å². The van der Waals surface area contributed by atoms with Crippen molar-refractivity contribution in [3.05, 3.63) is 0 Å². The van der Waals surface area contributed by atoms with Gasteiger partial charge in [0, 0.05) is 26.2 Å². The third-order valence-corrected chi connectivity index (χ3v) is 2.44. The van der Waals surface area contributed by atoms with Crippen LogP contribution < -0.4 is 11.1 Å². The molecule has 4 N–H and O–H groups in total. The Morgan fingerprint density at radius 2 is 2.24 bits per heavy atom. The molecule has 0 saturated carbocycles. The fourth-order valence-corrected chi connectivity index (χ4v) is 1.72. The van der Waals surface area contributed by atoms with Gasteiger partial charge in [-0.3, -0.25) is 9.59 Å². The second-order valence-corrected chi connectivity index (χ2v) is 4.01. The summed E-state index contributed by atoms with van der Waals surface area (Å²) in [5.41, 5.74) is 5.23. The molecule has 0 spiro atoms. The maximum absolute atomic E-state index is 11.7. The summed E-state index contributed by atoms with van der Waals surface area (Å²) >= 11 is 0. The first kappa shape index (κ1) is 13.9. The molecule has 0 aromatic heterocycles. The van der Waals surface area contributed by atoms with Crippen LogP contribution in [-0.4, -0.2) is 66.8 Å². The van der Waals surface area contributed by atoms with Crippen molar-refractivity contribution in [3.8, 4) is 0 Å². The normalized spacial score (nSPS) is 24.5. The number of morpholine rings is 1. The van der Waals surface area contributed by atoms with Gasteiger partial charge in [0.1, 0.15) is 0 Å². The zero-order valence-corrected chi connectivity index (χ0v) is 9.89. The highest BCUT2D eigenvalue weighted by atomic mass is 16.5. The van der Waals surface area contributed by atoms with Gasteiger partial charge in [-0.2, -0.15) is 0 Å². The molecular formula is C10H19N3O4. The summed E-state index contributed by atoms with van der Waals surface area (Å²) in [6.07, 6.45) is -0.614. The van der Waals surface area contributed by atoms with Crippen molar-refractivity contribution in [3.63, 3.8) is 0 Å². The van der Waals surface area contributed by atoms with E-state index in [1.807, 2.05) is 0 Å². The molecule has 1 rings (SSSR count). The van der Waals surface area contributed by atoms with Gasteiger partial charge in [-0.15, -0.1) is 0 Å². The Kier molecular flexibility index (Phi) is 5.33. The molecule has 2 unspecified atom stereocenters. The predicted octanol–water partition coefficient (Wildman–Crippen LogP) is -2.33. The lowest BCUT2D eigenvalue weighted by Gasteiger charge is -2.35. The highest BCUT2D eigenvalue weighted by Crippen LogP contribution is 2.10. The number of hydrogen-bond acceptors (Lipinski definition) is 5. The Hall–Kier alpha value is -1.18. The van der Waals surface area contributed by atoms with E-state index < -0.39 is 17.9 Å². The minimum absolute atomic E-state index is 0.168. The van der Waals surface area contributed by atoms with Gasteiger partial charge in [-0.25, -0.2) is 0 Å². The van der Waals surface area contributed by atoms with Crippen molar-refractivity contribution in [2.45, 2.75) is 19.1 Å². The van der Waals surface area contributed by atoms with E-state index in [-0.39, 0.29) is 32.3 Å². The van der Waals surface area contributed by atoms with Crippen molar-refractivity contribution >= 4 is 11.8 Å². The van der Waals surface area contributed by atoms with E-state index >= 15 is 0 Å². The Morgan fingerprint density at radius 1 is 1.53 bits per heavy atom. The number of nitrogens with one attached hydrogen (secondary N) is 1. The zero-order valence-electron chi connectivity index (χ0n) is 9.89. The number of aliphatic hydroxyl groups excluding tert-OH is 1. The topological polar surface area (TPSA) is 105 Å². The van der Waals surface area contributed by atoms with Crippen LogP contribution in [0.1, 0.15) is 6.92 Å². The van der Waals surface area contributed by atoms with Gasteiger partial charge in [0.05, 0.1) is 18.8 Å². The standard InChI is InChI=1S/C10H19N3O4/c1-7-4-13(5-8(6-14)17-7)10(16)9(15)12-3-2-11/h7-8,14H,2-6,11H2,1H3,(H,12,15). The molecule has 2 amide bonds. The van der Waals surface area contributed by atoms with Gasteiger partial charge in [0.25, 0.3) is 0 Å². The molecule has 1 heterocycles. The van der Waals surface area contributed by atoms with Gasteiger partial charge in [0.15, 0.2) is 0 Å². The van der Waals surface area contributed by atoms with Crippen LogP contribution >= 0.6 is 0 Å². The smallest absolute Gasteiger partial charge is 0.312 e. The fraction of sp³-hybridized carbons (Fsp3) is 0.800. The highest BCUT2D eigenvalue weighted by molar-refractivity contribution is 6.35. The Labute approximate surface area is 99.9 Å². The van der Waals surface area contributed by atoms with Gasteiger partial charge in [-0.05, 0) is 6.92 Å². The predicted molar refractivity (Wildman–Crippen MR) is 60.1 cm³/mol. The number of aliphatic hydroxyl groups is 1. The molecule has 0 aromatic rings. The summed E-state index contributed by atoms with van der Waals surface area (Å²) in [5, 5.41) is 11.4. The number of amides is 2. The van der Waals surface area contributed by atoms with Gasteiger partial charge < -0.3 is 25.8 Å². The molecule has 2 atom stereocenters. The number of carbonyl (C=O) groups excluding carboxylic acids is 2. The SMILES string of the molecule is CC1CN(C(=O)C(=O)NCCN)CC(CO)O1. The van der Waals surface area contributed by atoms with E-state index in [0.717, 1.165) is 0 Å². The quantitative estimate of drug-likeness (QED) is 0.484. The maximum Gasteiger partial charge on any atom is 0.312 e. The molecular weight excluding hydrogens is 226 g/mol. The maximum atomic E-state index is 11.7. The molecule has 0 bridgehead atoms. The van der Waals surface area contributed by atoms with Gasteiger partial charge >= 0.3 is 11.8 Å². The Balaban J connectivity index is 2.52. The van der Waals surface area contributed by atoms with Gasteiger partial charge in [0.2, 0.25) is 0 Å². The first-order chi connectivity index (χ1) is 8.08. The lowest BCUT2D eigenvalue weighted by Crippen LogP contribution is -2.54. The molecule has 17 heavy (non-hydrogen) atoms. The van der Waals surface area contributed by atoms with E-state index in [1.54, 1.807) is 6.92 Å². The summed E-state index contributed by atoms with van der Waals surface area (Å²) in [6.45, 7) is 2.77. The van der Waals surface area contributed by atoms with Crippen LogP contribution in [0.2, 0.25) is 0 Å². The van der Waals surface area contributed by atoms with Gasteiger partial charge in [-0.1, -0.05) is 0 Å². The molecule has 98 valence electrons. The fourth-order valence-electron chi connectivity index (χ4n) is 1.72. The van der Waals surface area contributed by atoms with Crippen LogP contribution in [0, 0.1) is 0 Å². The first-order valence-electron chi connectivity index (χ1n) is 5.62. The molecule has 1 aliphatic heterocycles. The molecule has 7 heteroatoms. The summed E-state index contributed by atoms with van der Waals surface area (Å²) in [5.74, 6) is -1.27. The Morgan fingerprint density at radius 3 is 2.82 bits per heavy atom. The monoisotopic (exact) mass is 245 g/mol. The molecule has 0 radical (unpaired) electrons. The van der Waals surface area contributed by atoms with Crippen LogP contribution in [0.25, 0.3) is 0 Å². The van der Waals surface area contributed by atoms with Crippen LogP contribution in [0.5, 0.6) is 0 Å². The van der Waals surface area contributed by atoms with E-state index in [4.69, 9.17) is 15.6 Å². The average molecular weight is 245 g/mol. The van der Waals surface area contributed by atoms with E-state index in [0.29, 0.717) is 6.54 Å². The van der Waals surface area contributed by atoms with E-state index in [9.17, 15) is 9.59 Å². The molecule has 0 aromatic carbocycles. The molecule has 1 aliphatic rings. The third-order valence-electron chi connectivity index (χ3n) is 2.44. The molecule has 1 fully saturated rings. The third kappa shape index (κ3) is 3.95. The van der Waals surface area contributed by atoms with Crippen molar-refractivity contribution < 1.29 is 19.4 Å². The van der Waals surface area contributed by atoms with Crippen molar-refractivity contribution in [2.24, 2.45) is 5.73 Å². The molecule has 7 nitrogen and oxygen atoms in total. The van der Waals surface area contributed by atoms with Crippen LogP contribution in [0.4, 0.5) is 0 Å². The summed E-state index contributed by atoms with van der Waals surface area (Å²) in [7, 11) is 0. The Bertz CT molecular complexity index is 285. The highest BCUT2D eigenvalue weighted by Gasteiger charge is 2.30. The van der Waals surface area contributed by atoms with Crippen LogP contribution in [0.15, 0.2) is 0 Å². The van der Waals surface area contributed by atoms with Crippen molar-refractivity contribution in [2.75, 3.05) is 32.8 Å². The first-order valence-corrected chi connectivity index (χ1v) is 5.62. The van der Waals surface area contributed by atoms with E-state index in [1.165, 1.54) is 4.90 Å². The summed E-state index contributed by atoms with van der Waals surface area (Å²) in [4.78, 5) is 24.6. The zero-order chi connectivity index (χ0) is 12.8. The molecule has 1 saturated heterocycles.